The van der Waals surface area contributed by atoms with E-state index >= 15 is 0 Å². The van der Waals surface area contributed by atoms with E-state index in [1.165, 1.54) is 5.56 Å². The molecule has 1 atom stereocenters. The van der Waals surface area contributed by atoms with E-state index in [0.29, 0.717) is 5.25 Å². The molecule has 0 heterocycles. The van der Waals surface area contributed by atoms with E-state index in [4.69, 9.17) is 5.11 Å². The number of hydrogen-bond acceptors (Lipinski definition) is 2. The van der Waals surface area contributed by atoms with Crippen molar-refractivity contribution in [2.24, 2.45) is 0 Å². The van der Waals surface area contributed by atoms with Crippen molar-refractivity contribution in [2.45, 2.75) is 37.2 Å². The van der Waals surface area contributed by atoms with Gasteiger partial charge in [-0.3, -0.25) is 0 Å². The Morgan fingerprint density at radius 1 is 1.20 bits per heavy atom. The predicted octanol–water partition coefficient (Wildman–Crippen LogP) is 3.64. The first-order valence-electron chi connectivity index (χ1n) is 5.36. The van der Waals surface area contributed by atoms with Crippen molar-refractivity contribution in [1.29, 1.82) is 0 Å². The van der Waals surface area contributed by atoms with Crippen LogP contribution in [-0.4, -0.2) is 16.5 Å². The molecule has 0 aliphatic rings. The minimum atomic E-state index is 0.232. The van der Waals surface area contributed by atoms with Crippen LogP contribution >= 0.6 is 11.8 Å². The van der Waals surface area contributed by atoms with Gasteiger partial charge < -0.3 is 5.11 Å². The normalized spacial score (nSPS) is 13.9. The minimum Gasteiger partial charge on any atom is -0.396 e. The summed E-state index contributed by atoms with van der Waals surface area (Å²) >= 11 is 1.92. The van der Waals surface area contributed by atoms with Crippen molar-refractivity contribution in [3.63, 3.8) is 0 Å². The maximum atomic E-state index is 9.08. The Morgan fingerprint density at radius 2 is 1.80 bits per heavy atom. The van der Waals surface area contributed by atoms with E-state index < -0.39 is 0 Å². The summed E-state index contributed by atoms with van der Waals surface area (Å²) in [5.41, 5.74) is 1.31. The molecule has 1 rings (SSSR count). The molecule has 0 aliphatic carbocycles. The lowest BCUT2D eigenvalue weighted by atomic mass is 10.1. The van der Waals surface area contributed by atoms with Crippen molar-refractivity contribution < 1.29 is 5.11 Å². The van der Waals surface area contributed by atoms with E-state index in [0.717, 1.165) is 6.42 Å². The molecule has 0 saturated carbocycles. The quantitative estimate of drug-likeness (QED) is 0.842. The van der Waals surface area contributed by atoms with E-state index in [2.05, 4.69) is 45.0 Å². The van der Waals surface area contributed by atoms with Crippen LogP contribution in [0.25, 0.3) is 0 Å². The van der Waals surface area contributed by atoms with E-state index in [-0.39, 0.29) is 11.4 Å². The van der Waals surface area contributed by atoms with Crippen molar-refractivity contribution >= 4 is 11.8 Å². The van der Waals surface area contributed by atoms with Gasteiger partial charge in [0.1, 0.15) is 0 Å². The van der Waals surface area contributed by atoms with Crippen LogP contribution in [-0.2, 0) is 0 Å². The Balaban J connectivity index is 2.75. The third kappa shape index (κ3) is 4.72. The first kappa shape index (κ1) is 12.6. The number of aliphatic hydroxyl groups is 1. The molecular formula is C13H20OS. The fourth-order valence-corrected chi connectivity index (χ4v) is 2.88. The molecule has 0 unspecified atom stereocenters. The average Bonchev–Trinajstić information content (AvgIpc) is 2.17. The molecule has 0 amide bonds. The molecule has 0 bridgehead atoms. The highest BCUT2D eigenvalue weighted by Crippen LogP contribution is 2.40. The highest BCUT2D eigenvalue weighted by atomic mass is 32.2. The first-order chi connectivity index (χ1) is 7.03. The van der Waals surface area contributed by atoms with Crippen LogP contribution in [0, 0.1) is 0 Å². The van der Waals surface area contributed by atoms with Gasteiger partial charge in [0.2, 0.25) is 0 Å². The molecular weight excluding hydrogens is 204 g/mol. The zero-order chi connectivity index (χ0) is 11.3. The predicted molar refractivity (Wildman–Crippen MR) is 68.2 cm³/mol. The molecule has 2 heteroatoms. The second-order valence-electron chi connectivity index (χ2n) is 4.64. The lowest BCUT2D eigenvalue weighted by Crippen LogP contribution is -2.12. The average molecular weight is 224 g/mol. The fraction of sp³-hybridized carbons (Fsp3) is 0.538. The molecule has 1 aromatic carbocycles. The van der Waals surface area contributed by atoms with Gasteiger partial charge in [-0.1, -0.05) is 51.1 Å². The molecule has 0 saturated heterocycles. The molecule has 0 aliphatic heterocycles. The SMILES string of the molecule is CC(C)(C)S[C@H](CCO)c1ccccc1. The second kappa shape index (κ2) is 5.57. The molecule has 15 heavy (non-hydrogen) atoms. The maximum Gasteiger partial charge on any atom is 0.0444 e. The standard InChI is InChI=1S/C13H20OS/c1-13(2,3)15-12(9-10-14)11-7-5-4-6-8-11/h4-8,12,14H,9-10H2,1-3H3/t12-/m1/s1. The summed E-state index contributed by atoms with van der Waals surface area (Å²) in [5.74, 6) is 0. The van der Waals surface area contributed by atoms with Crippen molar-refractivity contribution in [2.75, 3.05) is 6.61 Å². The van der Waals surface area contributed by atoms with Crippen LogP contribution < -0.4 is 0 Å². The van der Waals surface area contributed by atoms with Gasteiger partial charge in [0.15, 0.2) is 0 Å². The Bertz CT molecular complexity index is 276. The second-order valence-corrected chi connectivity index (χ2v) is 6.67. The molecule has 0 fully saturated rings. The van der Waals surface area contributed by atoms with E-state index in [1.807, 2.05) is 17.8 Å². The zero-order valence-corrected chi connectivity index (χ0v) is 10.6. The van der Waals surface area contributed by atoms with Gasteiger partial charge >= 0.3 is 0 Å². The summed E-state index contributed by atoms with van der Waals surface area (Å²) in [6, 6.07) is 10.4. The molecule has 1 nitrogen and oxygen atoms in total. The number of benzene rings is 1. The van der Waals surface area contributed by atoms with Crippen molar-refractivity contribution in [3.05, 3.63) is 35.9 Å². The van der Waals surface area contributed by atoms with Crippen LogP contribution in [0.1, 0.15) is 38.0 Å². The number of rotatable bonds is 4. The minimum absolute atomic E-state index is 0.232. The fourth-order valence-electron chi connectivity index (χ4n) is 1.51. The zero-order valence-electron chi connectivity index (χ0n) is 9.73. The largest absolute Gasteiger partial charge is 0.396 e. The van der Waals surface area contributed by atoms with Crippen LogP contribution in [0.4, 0.5) is 0 Å². The highest BCUT2D eigenvalue weighted by molar-refractivity contribution is 8.00. The smallest absolute Gasteiger partial charge is 0.0444 e. The van der Waals surface area contributed by atoms with Gasteiger partial charge in [-0.2, -0.15) is 0 Å². The lowest BCUT2D eigenvalue weighted by Gasteiger charge is -2.25. The highest BCUT2D eigenvalue weighted by Gasteiger charge is 2.19. The van der Waals surface area contributed by atoms with Gasteiger partial charge in [0.05, 0.1) is 0 Å². The summed E-state index contributed by atoms with van der Waals surface area (Å²) < 4.78 is 0.232. The maximum absolute atomic E-state index is 9.08. The topological polar surface area (TPSA) is 20.2 Å². The van der Waals surface area contributed by atoms with Gasteiger partial charge in [0, 0.05) is 16.6 Å². The molecule has 1 N–H and O–H groups in total. The monoisotopic (exact) mass is 224 g/mol. The molecule has 0 spiro atoms. The van der Waals surface area contributed by atoms with Gasteiger partial charge in [0.25, 0.3) is 0 Å². The van der Waals surface area contributed by atoms with Gasteiger partial charge in [-0.15, -0.1) is 11.8 Å². The third-order valence-electron chi connectivity index (χ3n) is 2.06. The Labute approximate surface area is 96.9 Å². The molecule has 84 valence electrons. The van der Waals surface area contributed by atoms with E-state index in [1.54, 1.807) is 0 Å². The molecule has 1 aromatic rings. The Morgan fingerprint density at radius 3 is 2.27 bits per heavy atom. The van der Waals surface area contributed by atoms with Crippen LogP contribution in [0.2, 0.25) is 0 Å². The Hall–Kier alpha value is -0.470. The number of aliphatic hydroxyl groups excluding tert-OH is 1. The lowest BCUT2D eigenvalue weighted by molar-refractivity contribution is 0.287. The summed E-state index contributed by atoms with van der Waals surface area (Å²) in [5, 5.41) is 9.48. The third-order valence-corrected chi connectivity index (χ3v) is 3.56. The van der Waals surface area contributed by atoms with Crippen LogP contribution in [0.15, 0.2) is 30.3 Å². The Kier molecular flexibility index (Phi) is 4.68. The molecule has 0 aromatic heterocycles. The summed E-state index contributed by atoms with van der Waals surface area (Å²) in [4.78, 5) is 0. The molecule has 0 radical (unpaired) electrons. The number of thioether (sulfide) groups is 1. The number of hydrogen-bond donors (Lipinski definition) is 1. The van der Waals surface area contributed by atoms with Gasteiger partial charge in [-0.25, -0.2) is 0 Å². The summed E-state index contributed by atoms with van der Waals surface area (Å²) in [6.07, 6.45) is 0.825. The summed E-state index contributed by atoms with van der Waals surface area (Å²) in [6.45, 7) is 6.89. The van der Waals surface area contributed by atoms with Crippen LogP contribution in [0.5, 0.6) is 0 Å². The van der Waals surface area contributed by atoms with Crippen molar-refractivity contribution in [1.82, 2.24) is 0 Å². The van der Waals surface area contributed by atoms with E-state index in [9.17, 15) is 0 Å². The summed E-state index contributed by atoms with van der Waals surface area (Å²) in [7, 11) is 0. The first-order valence-corrected chi connectivity index (χ1v) is 6.24. The van der Waals surface area contributed by atoms with Crippen molar-refractivity contribution in [3.8, 4) is 0 Å². The van der Waals surface area contributed by atoms with Crippen LogP contribution in [0.3, 0.4) is 0 Å². The van der Waals surface area contributed by atoms with Gasteiger partial charge in [-0.05, 0) is 12.0 Å².